The van der Waals surface area contributed by atoms with Gasteiger partial charge in [-0.3, -0.25) is 9.59 Å². The van der Waals surface area contributed by atoms with Crippen molar-refractivity contribution in [3.63, 3.8) is 0 Å². The molecule has 2 aromatic rings. The van der Waals surface area contributed by atoms with E-state index in [1.165, 1.54) is 0 Å². The molecule has 2 atom stereocenters. The van der Waals surface area contributed by atoms with Crippen molar-refractivity contribution in [2.24, 2.45) is 0 Å². The molecule has 2 aromatic carbocycles. The highest BCUT2D eigenvalue weighted by Gasteiger charge is 2.36. The summed E-state index contributed by atoms with van der Waals surface area (Å²) in [4.78, 5) is 41.8. The van der Waals surface area contributed by atoms with Crippen LogP contribution in [0.3, 0.4) is 0 Å². The molecule has 0 aliphatic carbocycles. The number of para-hydroxylation sites is 1. The lowest BCUT2D eigenvalue weighted by Gasteiger charge is -2.34. The standard InChI is InChI=1S/C29H41N3O4S/c1-8-9-17-32(27(34)23(18-37)30-28(35)36-29(5,6)7)25(22-15-13-19(2)14-16-22)26(33)31-24-20(3)11-10-12-21(24)4/h10-16,23,25,37H,8-9,17-18H2,1-7H3,(H,30,35)(H,31,33). The van der Waals surface area contributed by atoms with E-state index in [4.69, 9.17) is 4.74 Å². The van der Waals surface area contributed by atoms with Gasteiger partial charge >= 0.3 is 6.09 Å². The Labute approximate surface area is 226 Å². The first-order valence-corrected chi connectivity index (χ1v) is 13.4. The summed E-state index contributed by atoms with van der Waals surface area (Å²) >= 11 is 4.34. The third-order valence-corrected chi connectivity index (χ3v) is 6.25. The number of alkyl carbamates (subject to hydrolysis) is 1. The maximum Gasteiger partial charge on any atom is 0.408 e. The fourth-order valence-electron chi connectivity index (χ4n) is 3.96. The highest BCUT2D eigenvalue weighted by molar-refractivity contribution is 7.80. The van der Waals surface area contributed by atoms with Gasteiger partial charge in [0, 0.05) is 18.0 Å². The van der Waals surface area contributed by atoms with E-state index < -0.39 is 29.7 Å². The molecule has 0 aromatic heterocycles. The van der Waals surface area contributed by atoms with Gasteiger partial charge in [0.05, 0.1) is 0 Å². The number of benzene rings is 2. The van der Waals surface area contributed by atoms with Crippen LogP contribution in [0.2, 0.25) is 0 Å². The number of ether oxygens (including phenoxy) is 1. The fraction of sp³-hybridized carbons (Fsp3) is 0.483. The molecule has 37 heavy (non-hydrogen) atoms. The smallest absolute Gasteiger partial charge is 0.408 e. The molecule has 3 amide bonds. The van der Waals surface area contributed by atoms with E-state index >= 15 is 0 Å². The minimum absolute atomic E-state index is 0.0554. The summed E-state index contributed by atoms with van der Waals surface area (Å²) in [6.07, 6.45) is 0.812. The number of nitrogens with zero attached hydrogens (tertiary/aromatic N) is 1. The van der Waals surface area contributed by atoms with Gasteiger partial charge in [-0.2, -0.15) is 12.6 Å². The van der Waals surface area contributed by atoms with E-state index in [1.54, 1.807) is 25.7 Å². The summed E-state index contributed by atoms with van der Waals surface area (Å²) in [5, 5.41) is 5.71. The SMILES string of the molecule is CCCCN(C(=O)C(CS)NC(=O)OC(C)(C)C)C(C(=O)Nc1c(C)cccc1C)c1ccc(C)cc1. The van der Waals surface area contributed by atoms with Crippen molar-refractivity contribution < 1.29 is 19.1 Å². The Morgan fingerprint density at radius 1 is 1.00 bits per heavy atom. The lowest BCUT2D eigenvalue weighted by molar-refractivity contribution is -0.140. The van der Waals surface area contributed by atoms with Crippen molar-refractivity contribution in [2.75, 3.05) is 17.6 Å². The average molecular weight is 528 g/mol. The van der Waals surface area contributed by atoms with Gasteiger partial charge in [-0.15, -0.1) is 0 Å². The maximum absolute atomic E-state index is 13.9. The van der Waals surface area contributed by atoms with Crippen molar-refractivity contribution in [1.29, 1.82) is 0 Å². The lowest BCUT2D eigenvalue weighted by atomic mass is 10.0. The molecule has 7 nitrogen and oxygen atoms in total. The summed E-state index contributed by atoms with van der Waals surface area (Å²) < 4.78 is 5.36. The Morgan fingerprint density at radius 3 is 2.11 bits per heavy atom. The molecule has 0 radical (unpaired) electrons. The van der Waals surface area contributed by atoms with Crippen molar-refractivity contribution in [3.8, 4) is 0 Å². The molecule has 2 unspecified atom stereocenters. The monoisotopic (exact) mass is 527 g/mol. The molecular weight excluding hydrogens is 486 g/mol. The second-order valence-electron chi connectivity index (χ2n) is 10.3. The van der Waals surface area contributed by atoms with Gasteiger partial charge in [0.1, 0.15) is 17.7 Å². The molecule has 0 aliphatic rings. The van der Waals surface area contributed by atoms with Crippen LogP contribution in [0.1, 0.15) is 68.8 Å². The zero-order chi connectivity index (χ0) is 27.8. The zero-order valence-corrected chi connectivity index (χ0v) is 23.9. The largest absolute Gasteiger partial charge is 0.444 e. The number of nitrogens with one attached hydrogen (secondary N) is 2. The molecule has 0 saturated heterocycles. The highest BCUT2D eigenvalue weighted by Crippen LogP contribution is 2.27. The minimum atomic E-state index is -0.962. The normalized spacial score (nSPS) is 12.9. The van der Waals surface area contributed by atoms with Gasteiger partial charge in [-0.1, -0.05) is 61.4 Å². The first kappa shape index (κ1) is 30.2. The number of thiol groups is 1. The number of hydrogen-bond donors (Lipinski definition) is 3. The molecule has 2 rings (SSSR count). The van der Waals surface area contributed by atoms with E-state index in [0.717, 1.165) is 28.8 Å². The van der Waals surface area contributed by atoms with Gasteiger partial charge in [0.15, 0.2) is 0 Å². The third kappa shape index (κ3) is 8.81. The van der Waals surface area contributed by atoms with Crippen LogP contribution in [-0.4, -0.2) is 46.7 Å². The van der Waals surface area contributed by atoms with Crippen molar-refractivity contribution in [2.45, 2.75) is 79.0 Å². The quantitative estimate of drug-likeness (QED) is 0.344. The van der Waals surface area contributed by atoms with Crippen LogP contribution in [-0.2, 0) is 14.3 Å². The fourth-order valence-corrected chi connectivity index (χ4v) is 4.20. The van der Waals surface area contributed by atoms with Crippen molar-refractivity contribution in [1.82, 2.24) is 10.2 Å². The molecule has 2 N–H and O–H groups in total. The number of carbonyl (C=O) groups is 3. The van der Waals surface area contributed by atoms with E-state index in [0.29, 0.717) is 18.5 Å². The van der Waals surface area contributed by atoms with Gasteiger partial charge in [-0.25, -0.2) is 4.79 Å². The van der Waals surface area contributed by atoms with Crippen LogP contribution in [0.5, 0.6) is 0 Å². The number of aryl methyl sites for hydroxylation is 3. The van der Waals surface area contributed by atoms with Crippen LogP contribution in [0, 0.1) is 20.8 Å². The molecule has 0 heterocycles. The molecule has 0 spiro atoms. The Hall–Kier alpha value is -3.00. The maximum atomic E-state index is 13.9. The van der Waals surface area contributed by atoms with Gasteiger partial charge < -0.3 is 20.3 Å². The first-order chi connectivity index (χ1) is 17.4. The zero-order valence-electron chi connectivity index (χ0n) is 23.1. The number of hydrogen-bond acceptors (Lipinski definition) is 5. The van der Waals surface area contributed by atoms with Crippen molar-refractivity contribution in [3.05, 3.63) is 64.7 Å². The molecule has 0 fully saturated rings. The number of anilines is 1. The summed E-state index contributed by atoms with van der Waals surface area (Å²) in [5.41, 5.74) is 3.61. The molecule has 0 aliphatic heterocycles. The van der Waals surface area contributed by atoms with Gasteiger partial charge in [0.2, 0.25) is 5.91 Å². The molecule has 0 bridgehead atoms. The number of rotatable bonds is 10. The Bertz CT molecular complexity index is 1060. The first-order valence-electron chi connectivity index (χ1n) is 12.7. The molecular formula is C29H41N3O4S. The summed E-state index contributed by atoms with van der Waals surface area (Å²) in [5.74, 6) is -0.655. The molecule has 8 heteroatoms. The Balaban J connectivity index is 2.49. The van der Waals surface area contributed by atoms with E-state index in [2.05, 4.69) is 23.3 Å². The summed E-state index contributed by atoms with van der Waals surface area (Å²) in [7, 11) is 0. The predicted molar refractivity (Wildman–Crippen MR) is 152 cm³/mol. The number of unbranched alkanes of at least 4 members (excludes halogenated alkanes) is 1. The van der Waals surface area contributed by atoms with Crippen LogP contribution < -0.4 is 10.6 Å². The topological polar surface area (TPSA) is 87.7 Å². The van der Waals surface area contributed by atoms with Crippen molar-refractivity contribution >= 4 is 36.2 Å². The van der Waals surface area contributed by atoms with E-state index in [9.17, 15) is 14.4 Å². The molecule has 0 saturated carbocycles. The Kier molecular flexibility index (Phi) is 11.0. The van der Waals surface area contributed by atoms with E-state index in [-0.39, 0.29) is 11.7 Å². The second kappa shape index (κ2) is 13.5. The third-order valence-electron chi connectivity index (χ3n) is 5.89. The van der Waals surface area contributed by atoms with Gasteiger partial charge in [0.25, 0.3) is 5.91 Å². The minimum Gasteiger partial charge on any atom is -0.444 e. The second-order valence-corrected chi connectivity index (χ2v) is 10.7. The number of carbonyl (C=O) groups excluding carboxylic acids is 3. The van der Waals surface area contributed by atoms with Crippen LogP contribution in [0.4, 0.5) is 10.5 Å². The average Bonchev–Trinajstić information content (AvgIpc) is 2.82. The van der Waals surface area contributed by atoms with Crippen LogP contribution >= 0.6 is 12.6 Å². The van der Waals surface area contributed by atoms with Gasteiger partial charge in [-0.05, 0) is 64.7 Å². The summed E-state index contributed by atoms with van der Waals surface area (Å²) in [6.45, 7) is 13.5. The van der Waals surface area contributed by atoms with Crippen LogP contribution in [0.25, 0.3) is 0 Å². The Morgan fingerprint density at radius 2 is 1.59 bits per heavy atom. The lowest BCUT2D eigenvalue weighted by Crippen LogP contribution is -2.53. The number of amides is 3. The molecule has 202 valence electrons. The van der Waals surface area contributed by atoms with E-state index in [1.807, 2.05) is 70.2 Å². The predicted octanol–water partition coefficient (Wildman–Crippen LogP) is 5.74. The van der Waals surface area contributed by atoms with Crippen LogP contribution in [0.15, 0.2) is 42.5 Å². The summed E-state index contributed by atoms with van der Waals surface area (Å²) in [6, 6.07) is 11.5. The highest BCUT2D eigenvalue weighted by atomic mass is 32.1.